The molecule has 2 saturated heterocycles. The van der Waals surface area contributed by atoms with Crippen LogP contribution in [0.1, 0.15) is 75.3 Å². The normalized spacial score (nSPS) is 41.2. The molecule has 0 radical (unpaired) electrons. The first-order chi connectivity index (χ1) is 51.5. The molecule has 6 saturated carbocycles. The molecular weight excluding hydrogens is 1410 g/mol. The second-order valence-electron chi connectivity index (χ2n) is 28.8. The number of rotatable bonds is 28. The molecule has 2 heterocycles. The molecule has 42 heteroatoms. The van der Waals surface area contributed by atoms with Crippen LogP contribution in [-0.4, -0.2) is 284 Å². The number of carbonyl (C=O) groups excluding carboxylic acids is 1. The topological polar surface area (TPSA) is 706 Å². The Morgan fingerprint density at radius 2 is 1.02 bits per heavy atom. The number of hydrogen-bond donors (Lipinski definition) is 16. The summed E-state index contributed by atoms with van der Waals surface area (Å²) in [5.74, 6) is -1.33. The van der Waals surface area contributed by atoms with Gasteiger partial charge in [-0.3, -0.25) is 0 Å². The molecule has 1 amide bonds. The molecular formula is C65H102N22O20. The van der Waals surface area contributed by atoms with E-state index < -0.39 is 202 Å². The quantitative estimate of drug-likeness (QED) is 0.0293. The van der Waals surface area contributed by atoms with E-state index in [1.807, 2.05) is 60.7 Å². The zero-order valence-electron chi connectivity index (χ0n) is 58.8. The van der Waals surface area contributed by atoms with Crippen LogP contribution in [0.15, 0.2) is 86.2 Å². The average molecular weight is 1510 g/mol. The van der Waals surface area contributed by atoms with Crippen molar-refractivity contribution in [1.29, 1.82) is 0 Å². The molecule has 42 nitrogen and oxygen atoms in total. The van der Waals surface area contributed by atoms with Crippen LogP contribution in [0.5, 0.6) is 0 Å². The predicted molar refractivity (Wildman–Crippen MR) is 373 cm³/mol. The van der Waals surface area contributed by atoms with Crippen LogP contribution in [0.4, 0.5) is 4.79 Å². The minimum atomic E-state index is -1.78. The second kappa shape index (κ2) is 40.3. The second-order valence-corrected chi connectivity index (χ2v) is 28.8. The Kier molecular flexibility index (Phi) is 31.8. The van der Waals surface area contributed by atoms with Gasteiger partial charge in [-0.15, -0.1) is 0 Å². The van der Waals surface area contributed by atoms with Crippen molar-refractivity contribution in [2.24, 2.45) is 83.6 Å². The average Bonchev–Trinajstić information content (AvgIpc) is 1.69. The number of aliphatic hydroxyl groups is 10. The van der Waals surface area contributed by atoms with Crippen LogP contribution in [0.25, 0.3) is 52.2 Å². The van der Waals surface area contributed by atoms with Crippen LogP contribution >= 0.6 is 0 Å². The number of amides is 1. The number of azide groups is 5. The smallest absolute Gasteiger partial charge is 0.410 e. The molecule has 8 aliphatic rings. The summed E-state index contributed by atoms with van der Waals surface area (Å²) in [6.45, 7) is -0.468. The standard InChI is InChI=1S/C40H52N16O11.C25H50N6O9/c41-51-46-16-24-14-29(31(50-55-45)34(60)32(24)58)65-37-30(19-57)66-39(35(37)61)67-38-33(59)26(48-53-43)15-27(49-54-44)36(38)64-28-13-23(11-12-25(28)47-52-42)18-56(17-21-7-3-1-4-8-21)40(62)63-20-22-9-5-2-6-10-22;26-6-9-1-2-11(28)14(3-9)37-22-13(30)5-12(29)19(34)24(22)40-25-21(36)23(16(8-32)39-25)38-15-4-10(7-27)18(33)20(35)17(15)31/h1-10,23-39,57-61H,11-20H2;9-25,32-36H,1-8,26-31H2/t23-,24+,25-,26-,27+,28+,29+,30-,31+,32-,33+,34-,35-,36-,37-,38-,39+;9-,10+,11-,12-,13+,14+,15+,16-,17+,18-,19+,20-,21-,22-,23-,24-,25+/m11/s1. The third-order valence-corrected chi connectivity index (χ3v) is 21.9. The molecule has 2 aliphatic heterocycles. The zero-order chi connectivity index (χ0) is 77.2. The van der Waals surface area contributed by atoms with Gasteiger partial charge in [0.1, 0.15) is 61.5 Å². The van der Waals surface area contributed by atoms with Gasteiger partial charge in [-0.2, -0.15) is 0 Å². The maximum Gasteiger partial charge on any atom is 0.410 e. The predicted octanol–water partition coefficient (Wildman–Crippen LogP) is -0.381. The molecule has 2 aromatic rings. The summed E-state index contributed by atoms with van der Waals surface area (Å²) in [5.41, 5.74) is 85.2. The molecule has 10 rings (SSSR count). The summed E-state index contributed by atoms with van der Waals surface area (Å²) in [6.07, 6.45) is -24.8. The van der Waals surface area contributed by atoms with Gasteiger partial charge in [-0.05, 0) is 134 Å². The number of ether oxygens (including phenoxy) is 9. The van der Waals surface area contributed by atoms with E-state index in [2.05, 4.69) is 50.1 Å². The minimum absolute atomic E-state index is 0.0398. The fraction of sp³-hybridized carbons (Fsp3) is 0.800. The minimum Gasteiger partial charge on any atom is -0.445 e. The fourth-order valence-electron chi connectivity index (χ4n) is 15.9. The first-order valence-corrected chi connectivity index (χ1v) is 36.0. The lowest BCUT2D eigenvalue weighted by Crippen LogP contribution is -2.65. The summed E-state index contributed by atoms with van der Waals surface area (Å²) in [6, 6.07) is 11.4. The lowest BCUT2D eigenvalue weighted by Gasteiger charge is -2.46. The van der Waals surface area contributed by atoms with Gasteiger partial charge in [0, 0.05) is 68.2 Å². The van der Waals surface area contributed by atoms with Crippen LogP contribution in [0.3, 0.4) is 0 Å². The molecule has 107 heavy (non-hydrogen) atoms. The molecule has 6 aliphatic carbocycles. The van der Waals surface area contributed by atoms with Gasteiger partial charge in [0.2, 0.25) is 0 Å². The number of aliphatic hydroxyl groups excluding tert-OH is 10. The number of nitrogens with two attached hydrogens (primary N) is 6. The van der Waals surface area contributed by atoms with Crippen LogP contribution < -0.4 is 34.4 Å². The van der Waals surface area contributed by atoms with Gasteiger partial charge < -0.3 is 133 Å². The van der Waals surface area contributed by atoms with Gasteiger partial charge in [0.15, 0.2) is 12.6 Å². The van der Waals surface area contributed by atoms with Gasteiger partial charge in [-0.1, -0.05) is 86.2 Å². The van der Waals surface area contributed by atoms with Crippen molar-refractivity contribution in [2.75, 3.05) is 39.4 Å². The summed E-state index contributed by atoms with van der Waals surface area (Å²) >= 11 is 0. The lowest BCUT2D eigenvalue weighted by atomic mass is 9.79. The number of carbonyl (C=O) groups is 1. The van der Waals surface area contributed by atoms with Crippen molar-refractivity contribution < 1.29 is 98.5 Å². The lowest BCUT2D eigenvalue weighted by molar-refractivity contribution is -0.255. The molecule has 22 N–H and O–H groups in total. The highest BCUT2D eigenvalue weighted by Crippen LogP contribution is 2.42. The van der Waals surface area contributed by atoms with E-state index in [-0.39, 0.29) is 88.9 Å². The molecule has 34 atom stereocenters. The molecule has 2 aromatic carbocycles. The summed E-state index contributed by atoms with van der Waals surface area (Å²) in [4.78, 5) is 29.6. The van der Waals surface area contributed by atoms with E-state index in [1.165, 1.54) is 0 Å². The van der Waals surface area contributed by atoms with Gasteiger partial charge in [0.25, 0.3) is 0 Å². The Labute approximate surface area is 614 Å². The van der Waals surface area contributed by atoms with E-state index in [0.29, 0.717) is 25.8 Å². The Morgan fingerprint density at radius 1 is 0.477 bits per heavy atom. The molecule has 0 unspecified atom stereocenters. The first-order valence-electron chi connectivity index (χ1n) is 36.0. The van der Waals surface area contributed by atoms with E-state index in [9.17, 15) is 78.0 Å². The Bertz CT molecular complexity index is 3370. The van der Waals surface area contributed by atoms with Crippen molar-refractivity contribution in [1.82, 2.24) is 4.90 Å². The van der Waals surface area contributed by atoms with Crippen LogP contribution in [0, 0.1) is 23.7 Å². The highest BCUT2D eigenvalue weighted by Gasteiger charge is 2.57. The first kappa shape index (κ1) is 84.3. The molecule has 0 aromatic heterocycles. The monoisotopic (exact) mass is 1510 g/mol. The third kappa shape index (κ3) is 20.9. The van der Waals surface area contributed by atoms with Crippen molar-refractivity contribution in [3.8, 4) is 0 Å². The number of nitrogens with zero attached hydrogens (tertiary/aromatic N) is 16. The van der Waals surface area contributed by atoms with Gasteiger partial charge >= 0.3 is 6.09 Å². The summed E-state index contributed by atoms with van der Waals surface area (Å²) in [7, 11) is 0. The largest absolute Gasteiger partial charge is 0.445 e. The number of benzene rings is 2. The van der Waals surface area contributed by atoms with Crippen molar-refractivity contribution in [3.63, 3.8) is 0 Å². The Balaban J connectivity index is 0.000000281. The summed E-state index contributed by atoms with van der Waals surface area (Å²) < 4.78 is 55.1. The third-order valence-electron chi connectivity index (χ3n) is 21.9. The number of hydrogen-bond acceptors (Lipinski definition) is 31. The van der Waals surface area contributed by atoms with E-state index >= 15 is 0 Å². The maximum atomic E-state index is 13.7. The van der Waals surface area contributed by atoms with Crippen molar-refractivity contribution in [3.05, 3.63) is 124 Å². The van der Waals surface area contributed by atoms with Crippen LogP contribution in [0.2, 0.25) is 0 Å². The van der Waals surface area contributed by atoms with Gasteiger partial charge in [-0.25, -0.2) is 4.79 Å². The van der Waals surface area contributed by atoms with Gasteiger partial charge in [0.05, 0.1) is 111 Å². The SMILES string of the molecule is NC[C@@H]1CC[C@@H](N)[C@@H](O[C@H]2[C@H](O[C@@H]3O[C@H](CO)[C@@H](O[C@H]4C[C@@H](CN)[C@@H](O)[C@H](O)[C@H]4N)[C@H]3O)[C@@H](O)[C@H](N)C[C@@H]2N)C1.[N-]=[N+]=NC[C@@H]1C[C@H](O[C@H]2[C@@H](O)[C@H](O[C@@H]3[C@@H](O)[C@H](N=[N+]=[N-])C[C@H](N=[N+]=[N-])[C@H]3O[C@H]3C[C@H](CN(Cc4ccccc4)C(=O)OCc4ccccc4)CC[C@H]3N=[N+]=[N-])O[C@@H]2CO)[C@H](N=[N+]=[N-])[C@@H](O)[C@@H]1O. The Hall–Kier alpha value is -6.70. The van der Waals surface area contributed by atoms with Crippen molar-refractivity contribution >= 4 is 6.09 Å². The van der Waals surface area contributed by atoms with E-state index in [4.69, 9.17) is 82.6 Å². The fourth-order valence-corrected chi connectivity index (χ4v) is 15.9. The molecule has 592 valence electrons. The Morgan fingerprint density at radius 3 is 1.62 bits per heavy atom. The van der Waals surface area contributed by atoms with Crippen molar-refractivity contribution in [2.45, 2.75) is 260 Å². The van der Waals surface area contributed by atoms with Crippen LogP contribution in [-0.2, 0) is 55.8 Å². The summed E-state index contributed by atoms with van der Waals surface area (Å²) in [5, 5.41) is 127. The highest BCUT2D eigenvalue weighted by atomic mass is 16.7. The zero-order valence-corrected chi connectivity index (χ0v) is 58.8. The van der Waals surface area contributed by atoms with E-state index in [1.54, 1.807) is 4.90 Å². The molecule has 0 spiro atoms. The molecule has 0 bridgehead atoms. The maximum absolute atomic E-state index is 13.7. The van der Waals surface area contributed by atoms with E-state index in [0.717, 1.165) is 24.0 Å². The highest BCUT2D eigenvalue weighted by molar-refractivity contribution is 5.67. The molecule has 8 fully saturated rings.